The number of hydrogen-bond acceptors (Lipinski definition) is 4. The summed E-state index contributed by atoms with van der Waals surface area (Å²) in [4.78, 5) is 15.2. The maximum absolute atomic E-state index is 13.4. The van der Waals surface area contributed by atoms with E-state index in [0.29, 0.717) is 5.69 Å². The fourth-order valence-corrected chi connectivity index (χ4v) is 1.23. The minimum absolute atomic E-state index is 0.119. The second-order valence-electron chi connectivity index (χ2n) is 2.42. The molecule has 2 heterocycles. The van der Waals surface area contributed by atoms with Crippen molar-refractivity contribution >= 4 is 15.9 Å². The molecule has 0 spiro atoms. The molecule has 4 nitrogen and oxygen atoms in total. The van der Waals surface area contributed by atoms with Crippen molar-refractivity contribution in [3.8, 4) is 11.4 Å². The third-order valence-electron chi connectivity index (χ3n) is 1.55. The van der Waals surface area contributed by atoms with E-state index in [1.54, 1.807) is 0 Å². The molecular formula is C8H4BrFN4. The van der Waals surface area contributed by atoms with E-state index in [1.165, 1.54) is 24.9 Å². The Morgan fingerprint density at radius 1 is 1.14 bits per heavy atom. The quantitative estimate of drug-likeness (QED) is 0.729. The largest absolute Gasteiger partial charge is 0.261 e. The van der Waals surface area contributed by atoms with Gasteiger partial charge in [-0.05, 0) is 15.9 Å². The lowest BCUT2D eigenvalue weighted by molar-refractivity contribution is 0.608. The molecule has 2 rings (SSSR count). The minimum atomic E-state index is -0.534. The summed E-state index contributed by atoms with van der Waals surface area (Å²) in [5.41, 5.74) is 0.521. The van der Waals surface area contributed by atoms with Gasteiger partial charge in [-0.2, -0.15) is 0 Å². The first kappa shape index (κ1) is 9.14. The second-order valence-corrected chi connectivity index (χ2v) is 3.17. The van der Waals surface area contributed by atoms with Crippen molar-refractivity contribution in [3.63, 3.8) is 0 Å². The first-order chi connectivity index (χ1) is 6.79. The zero-order chi connectivity index (χ0) is 9.97. The zero-order valence-electron chi connectivity index (χ0n) is 6.85. The summed E-state index contributed by atoms with van der Waals surface area (Å²) in [5.74, 6) is -0.534. The summed E-state index contributed by atoms with van der Waals surface area (Å²) < 4.78 is 13.6. The van der Waals surface area contributed by atoms with Crippen LogP contribution in [0.25, 0.3) is 11.4 Å². The van der Waals surface area contributed by atoms with E-state index >= 15 is 0 Å². The van der Waals surface area contributed by atoms with Crippen molar-refractivity contribution in [2.45, 2.75) is 0 Å². The van der Waals surface area contributed by atoms with Gasteiger partial charge in [0.2, 0.25) is 0 Å². The Hall–Kier alpha value is -1.43. The Kier molecular flexibility index (Phi) is 2.45. The van der Waals surface area contributed by atoms with Crippen LogP contribution in [0.4, 0.5) is 4.39 Å². The molecule has 0 N–H and O–H groups in total. The van der Waals surface area contributed by atoms with E-state index in [2.05, 4.69) is 35.9 Å². The molecule has 0 fully saturated rings. The normalized spacial score (nSPS) is 10.1. The van der Waals surface area contributed by atoms with Crippen LogP contribution in [0.5, 0.6) is 0 Å². The molecule has 70 valence electrons. The molecule has 0 aliphatic carbocycles. The monoisotopic (exact) mass is 254 g/mol. The molecule has 0 aromatic carbocycles. The van der Waals surface area contributed by atoms with Gasteiger partial charge in [0.25, 0.3) is 0 Å². The Morgan fingerprint density at radius 3 is 2.71 bits per heavy atom. The summed E-state index contributed by atoms with van der Waals surface area (Å²) in [6.07, 6.45) is 5.69. The van der Waals surface area contributed by atoms with E-state index in [9.17, 15) is 4.39 Å². The van der Waals surface area contributed by atoms with Crippen LogP contribution in [0.15, 0.2) is 29.5 Å². The number of halogens is 2. The number of rotatable bonds is 1. The van der Waals surface area contributed by atoms with Crippen LogP contribution < -0.4 is 0 Å². The highest BCUT2D eigenvalue weighted by Crippen LogP contribution is 2.21. The molecule has 2 aromatic rings. The molecule has 2 aromatic heterocycles. The van der Waals surface area contributed by atoms with Crippen molar-refractivity contribution < 1.29 is 4.39 Å². The van der Waals surface area contributed by atoms with Gasteiger partial charge < -0.3 is 0 Å². The molecule has 6 heteroatoms. The molecule has 14 heavy (non-hydrogen) atoms. The molecule has 0 bridgehead atoms. The van der Waals surface area contributed by atoms with Gasteiger partial charge in [0, 0.05) is 12.4 Å². The van der Waals surface area contributed by atoms with Crippen LogP contribution >= 0.6 is 15.9 Å². The Bertz CT molecular complexity index is 448. The number of aromatic nitrogens is 4. The molecule has 0 radical (unpaired) electrons. The lowest BCUT2D eigenvalue weighted by Crippen LogP contribution is -1.95. The van der Waals surface area contributed by atoms with Crippen LogP contribution in [0.3, 0.4) is 0 Å². The fourth-order valence-electron chi connectivity index (χ4n) is 0.948. The third-order valence-corrected chi connectivity index (χ3v) is 2.11. The van der Waals surface area contributed by atoms with Crippen molar-refractivity contribution in [3.05, 3.63) is 35.3 Å². The van der Waals surface area contributed by atoms with Gasteiger partial charge in [-0.1, -0.05) is 0 Å². The van der Waals surface area contributed by atoms with Crippen molar-refractivity contribution in [1.82, 2.24) is 19.9 Å². The lowest BCUT2D eigenvalue weighted by Gasteiger charge is -2.00. The highest BCUT2D eigenvalue weighted by molar-refractivity contribution is 9.10. The highest BCUT2D eigenvalue weighted by Gasteiger charge is 2.11. The molecule has 0 saturated carbocycles. The first-order valence-electron chi connectivity index (χ1n) is 3.71. The van der Waals surface area contributed by atoms with Crippen LogP contribution in [0, 0.1) is 5.82 Å². The van der Waals surface area contributed by atoms with E-state index in [0.717, 1.165) is 0 Å². The fraction of sp³-hybridized carbons (Fsp3) is 0. The predicted molar refractivity (Wildman–Crippen MR) is 50.7 cm³/mol. The second kappa shape index (κ2) is 3.75. The SMILES string of the molecule is Fc1c(Br)ncnc1-c1cnccn1. The molecular weight excluding hydrogens is 251 g/mol. The topological polar surface area (TPSA) is 51.6 Å². The summed E-state index contributed by atoms with van der Waals surface area (Å²) >= 11 is 2.97. The summed E-state index contributed by atoms with van der Waals surface area (Å²) in [7, 11) is 0. The first-order valence-corrected chi connectivity index (χ1v) is 4.50. The predicted octanol–water partition coefficient (Wildman–Crippen LogP) is 1.84. The average Bonchev–Trinajstić information content (AvgIpc) is 2.23. The van der Waals surface area contributed by atoms with Crippen LogP contribution in [0.2, 0.25) is 0 Å². The van der Waals surface area contributed by atoms with Gasteiger partial charge in [-0.3, -0.25) is 9.97 Å². The molecule has 0 unspecified atom stereocenters. The van der Waals surface area contributed by atoms with Crippen LogP contribution in [0.1, 0.15) is 0 Å². The van der Waals surface area contributed by atoms with E-state index in [-0.39, 0.29) is 10.3 Å². The average molecular weight is 255 g/mol. The molecule has 0 aliphatic heterocycles. The number of nitrogens with zero attached hydrogens (tertiary/aromatic N) is 4. The summed E-state index contributed by atoms with van der Waals surface area (Å²) in [6.45, 7) is 0. The molecule has 0 amide bonds. The lowest BCUT2D eigenvalue weighted by atomic mass is 10.3. The van der Waals surface area contributed by atoms with Crippen molar-refractivity contribution in [1.29, 1.82) is 0 Å². The highest BCUT2D eigenvalue weighted by atomic mass is 79.9. The summed E-state index contributed by atoms with van der Waals surface area (Å²) in [6, 6.07) is 0. The van der Waals surface area contributed by atoms with Crippen LogP contribution in [-0.4, -0.2) is 19.9 Å². The Balaban J connectivity index is 2.58. The Morgan fingerprint density at radius 2 is 2.00 bits per heavy atom. The van der Waals surface area contributed by atoms with Gasteiger partial charge >= 0.3 is 0 Å². The third kappa shape index (κ3) is 1.60. The molecule has 0 saturated heterocycles. The number of hydrogen-bond donors (Lipinski definition) is 0. The van der Waals surface area contributed by atoms with Gasteiger partial charge in [0.1, 0.15) is 22.3 Å². The summed E-state index contributed by atoms with van der Waals surface area (Å²) in [5, 5.41) is 0. The smallest absolute Gasteiger partial charge is 0.183 e. The van der Waals surface area contributed by atoms with Crippen molar-refractivity contribution in [2.24, 2.45) is 0 Å². The van der Waals surface area contributed by atoms with E-state index in [4.69, 9.17) is 0 Å². The van der Waals surface area contributed by atoms with Gasteiger partial charge in [0.05, 0.1) is 6.20 Å². The molecule has 0 aliphatic rings. The maximum atomic E-state index is 13.4. The van der Waals surface area contributed by atoms with Gasteiger partial charge in [-0.25, -0.2) is 14.4 Å². The maximum Gasteiger partial charge on any atom is 0.183 e. The van der Waals surface area contributed by atoms with Gasteiger partial charge in [-0.15, -0.1) is 0 Å². The standard InChI is InChI=1S/C8H4BrFN4/c9-8-6(10)7(13-4-14-8)5-3-11-1-2-12-5/h1-4H. The van der Waals surface area contributed by atoms with Crippen molar-refractivity contribution in [2.75, 3.05) is 0 Å². The van der Waals surface area contributed by atoms with Crippen LogP contribution in [-0.2, 0) is 0 Å². The Labute approximate surface area is 87.4 Å². The van der Waals surface area contributed by atoms with E-state index < -0.39 is 5.82 Å². The van der Waals surface area contributed by atoms with Gasteiger partial charge in [0.15, 0.2) is 5.82 Å². The van der Waals surface area contributed by atoms with E-state index in [1.807, 2.05) is 0 Å². The minimum Gasteiger partial charge on any atom is -0.261 e. The molecule has 0 atom stereocenters. The zero-order valence-corrected chi connectivity index (χ0v) is 8.44.